The van der Waals surface area contributed by atoms with Crippen LogP contribution < -0.4 is 4.74 Å². The Morgan fingerprint density at radius 2 is 1.94 bits per heavy atom. The third-order valence-corrected chi connectivity index (χ3v) is 5.06. The molecule has 166 valence electrons. The zero-order chi connectivity index (χ0) is 22.8. The molecule has 0 unspecified atom stereocenters. The van der Waals surface area contributed by atoms with Crippen molar-refractivity contribution in [1.82, 2.24) is 4.90 Å². The molecule has 2 aromatic carbocycles. The van der Waals surface area contributed by atoms with E-state index in [0.717, 1.165) is 5.56 Å². The molecule has 0 N–H and O–H groups in total. The highest BCUT2D eigenvalue weighted by Gasteiger charge is 2.39. The van der Waals surface area contributed by atoms with Crippen LogP contribution in [0.2, 0.25) is 0 Å². The molecule has 1 aliphatic heterocycles. The van der Waals surface area contributed by atoms with Crippen molar-refractivity contribution in [1.29, 1.82) is 0 Å². The van der Waals surface area contributed by atoms with Crippen molar-refractivity contribution in [2.24, 2.45) is 0 Å². The fourth-order valence-corrected chi connectivity index (χ4v) is 3.56. The maximum Gasteiger partial charge on any atom is 0.411 e. The van der Waals surface area contributed by atoms with Gasteiger partial charge in [-0.05, 0) is 62.9 Å². The number of ether oxygens (including phenoxy) is 3. The fourth-order valence-electron chi connectivity index (χ4n) is 3.56. The Kier molecular flexibility index (Phi) is 6.53. The number of carbonyl (C=O) groups is 2. The summed E-state index contributed by atoms with van der Waals surface area (Å²) in [4.78, 5) is 26.6. The molecule has 1 aliphatic rings. The molecule has 0 bridgehead atoms. The molecule has 0 aliphatic carbocycles. The summed E-state index contributed by atoms with van der Waals surface area (Å²) in [5.74, 6) is -0.254. The Bertz CT molecular complexity index is 982. The number of halogens is 1. The second-order valence-corrected chi connectivity index (χ2v) is 8.55. The first kappa shape index (κ1) is 22.6. The minimum atomic E-state index is -0.896. The van der Waals surface area contributed by atoms with Crippen molar-refractivity contribution in [2.75, 3.05) is 13.7 Å². The lowest BCUT2D eigenvalue weighted by molar-refractivity contribution is -0.147. The number of nitrogens with zero attached hydrogens (tertiary/aromatic N) is 1. The Labute approximate surface area is 181 Å². The number of methoxy groups -OCH3 is 1. The number of fused-ring (bicyclic) bond motifs is 1. The molecule has 0 spiro atoms. The van der Waals surface area contributed by atoms with E-state index in [4.69, 9.17) is 14.2 Å². The lowest BCUT2D eigenvalue weighted by Gasteiger charge is -2.36. The van der Waals surface area contributed by atoms with Crippen LogP contribution in [0, 0.1) is 12.7 Å². The van der Waals surface area contributed by atoms with Gasteiger partial charge in [0.2, 0.25) is 0 Å². The summed E-state index contributed by atoms with van der Waals surface area (Å²) in [5.41, 5.74) is 1.90. The summed E-state index contributed by atoms with van der Waals surface area (Å²) in [6.45, 7) is 7.43. The first-order chi connectivity index (χ1) is 14.6. The topological polar surface area (TPSA) is 65.1 Å². The lowest BCUT2D eigenvalue weighted by Crippen LogP contribution is -2.46. The van der Waals surface area contributed by atoms with Gasteiger partial charge in [0.05, 0.1) is 7.11 Å². The molecular formula is C24H28FNO5. The van der Waals surface area contributed by atoms with Gasteiger partial charge in [-0.1, -0.05) is 24.3 Å². The normalized spacial score (nSPS) is 15.8. The highest BCUT2D eigenvalue weighted by molar-refractivity contribution is 5.84. The SMILES string of the molecule is COC(=O)[C@H]1c2ccc(OCc3cccc(C)c3F)cc2CCN1C(=O)OC(C)(C)C. The Morgan fingerprint density at radius 3 is 2.61 bits per heavy atom. The van der Waals surface area contributed by atoms with E-state index in [-0.39, 0.29) is 12.4 Å². The predicted molar refractivity (Wildman–Crippen MR) is 113 cm³/mol. The van der Waals surface area contributed by atoms with Crippen molar-refractivity contribution >= 4 is 12.1 Å². The number of hydrogen-bond acceptors (Lipinski definition) is 5. The fraction of sp³-hybridized carbons (Fsp3) is 0.417. The first-order valence-electron chi connectivity index (χ1n) is 10.2. The summed E-state index contributed by atoms with van der Waals surface area (Å²) >= 11 is 0. The summed E-state index contributed by atoms with van der Waals surface area (Å²) in [7, 11) is 1.29. The van der Waals surface area contributed by atoms with Crippen LogP contribution in [0.25, 0.3) is 0 Å². The highest BCUT2D eigenvalue weighted by atomic mass is 19.1. The van der Waals surface area contributed by atoms with Crippen molar-refractivity contribution in [3.63, 3.8) is 0 Å². The Morgan fingerprint density at radius 1 is 1.19 bits per heavy atom. The van der Waals surface area contributed by atoms with E-state index >= 15 is 0 Å². The van der Waals surface area contributed by atoms with Gasteiger partial charge < -0.3 is 14.2 Å². The third kappa shape index (κ3) is 5.16. The minimum Gasteiger partial charge on any atom is -0.489 e. The van der Waals surface area contributed by atoms with Gasteiger partial charge in [-0.3, -0.25) is 4.90 Å². The zero-order valence-corrected chi connectivity index (χ0v) is 18.5. The number of benzene rings is 2. The van der Waals surface area contributed by atoms with Gasteiger partial charge in [-0.15, -0.1) is 0 Å². The number of hydrogen-bond donors (Lipinski definition) is 0. The molecule has 0 saturated heterocycles. The van der Waals surface area contributed by atoms with Crippen LogP contribution in [-0.2, 0) is 27.3 Å². The van der Waals surface area contributed by atoms with Gasteiger partial charge in [0.15, 0.2) is 6.04 Å². The quantitative estimate of drug-likeness (QED) is 0.658. The van der Waals surface area contributed by atoms with Gasteiger partial charge >= 0.3 is 12.1 Å². The second kappa shape index (κ2) is 8.96. The van der Waals surface area contributed by atoms with Crippen LogP contribution >= 0.6 is 0 Å². The number of aryl methyl sites for hydroxylation is 1. The number of carbonyl (C=O) groups excluding carboxylic acids is 2. The Balaban J connectivity index is 1.83. The lowest BCUT2D eigenvalue weighted by atomic mass is 9.92. The molecular weight excluding hydrogens is 401 g/mol. The van der Waals surface area contributed by atoms with Crippen molar-refractivity contribution in [3.05, 3.63) is 64.5 Å². The van der Waals surface area contributed by atoms with E-state index in [9.17, 15) is 14.0 Å². The summed E-state index contributed by atoms with van der Waals surface area (Å²) in [6.07, 6.45) is -0.0401. The molecule has 1 amide bonds. The van der Waals surface area contributed by atoms with Gasteiger partial charge in [0.25, 0.3) is 0 Å². The smallest absolute Gasteiger partial charge is 0.411 e. The minimum absolute atomic E-state index is 0.0940. The van der Waals surface area contributed by atoms with Crippen molar-refractivity contribution in [3.8, 4) is 5.75 Å². The predicted octanol–water partition coefficient (Wildman–Crippen LogP) is 4.72. The van der Waals surface area contributed by atoms with Crippen LogP contribution in [0.4, 0.5) is 9.18 Å². The van der Waals surface area contributed by atoms with E-state index in [2.05, 4.69) is 0 Å². The van der Waals surface area contributed by atoms with E-state index < -0.39 is 23.7 Å². The zero-order valence-electron chi connectivity index (χ0n) is 18.5. The van der Waals surface area contributed by atoms with Crippen LogP contribution in [0.1, 0.15) is 49.1 Å². The number of amides is 1. The van der Waals surface area contributed by atoms with Crippen LogP contribution in [0.3, 0.4) is 0 Å². The summed E-state index contributed by atoms with van der Waals surface area (Å²) < 4.78 is 30.4. The first-order valence-corrected chi connectivity index (χ1v) is 10.2. The number of rotatable bonds is 4. The standard InChI is InChI=1S/C24H28FNO5/c1-15-7-6-8-17(20(15)25)14-30-18-9-10-19-16(13-18)11-12-26(21(19)22(27)29-5)23(28)31-24(2,3)4/h6-10,13,21H,11-12,14H2,1-5H3/t21-/m1/s1. The molecule has 1 atom stereocenters. The molecule has 0 radical (unpaired) electrons. The molecule has 3 rings (SSSR count). The van der Waals surface area contributed by atoms with Crippen LogP contribution in [0.5, 0.6) is 5.75 Å². The van der Waals surface area contributed by atoms with Gasteiger partial charge in [0.1, 0.15) is 23.8 Å². The van der Waals surface area contributed by atoms with E-state index in [1.54, 1.807) is 58.0 Å². The molecule has 0 fully saturated rings. The monoisotopic (exact) mass is 429 g/mol. The molecule has 0 aromatic heterocycles. The maximum atomic E-state index is 14.2. The van der Waals surface area contributed by atoms with Crippen molar-refractivity contribution < 1.29 is 28.2 Å². The maximum absolute atomic E-state index is 14.2. The molecule has 0 saturated carbocycles. The number of esters is 1. The van der Waals surface area contributed by atoms with Crippen LogP contribution in [-0.4, -0.2) is 36.2 Å². The highest BCUT2D eigenvalue weighted by Crippen LogP contribution is 2.34. The molecule has 7 heteroatoms. The third-order valence-electron chi connectivity index (χ3n) is 5.06. The van der Waals surface area contributed by atoms with Crippen molar-refractivity contribution in [2.45, 2.75) is 52.4 Å². The summed E-state index contributed by atoms with van der Waals surface area (Å²) in [6, 6.07) is 9.57. The van der Waals surface area contributed by atoms with E-state index in [1.165, 1.54) is 12.0 Å². The molecule has 6 nitrogen and oxygen atoms in total. The average molecular weight is 429 g/mol. The average Bonchev–Trinajstić information content (AvgIpc) is 2.72. The van der Waals surface area contributed by atoms with Gasteiger partial charge in [-0.25, -0.2) is 14.0 Å². The largest absolute Gasteiger partial charge is 0.489 e. The summed E-state index contributed by atoms with van der Waals surface area (Å²) in [5, 5.41) is 0. The van der Waals surface area contributed by atoms with E-state index in [1.807, 2.05) is 6.07 Å². The molecule has 31 heavy (non-hydrogen) atoms. The molecule has 1 heterocycles. The van der Waals surface area contributed by atoms with Gasteiger partial charge in [-0.2, -0.15) is 0 Å². The molecule has 2 aromatic rings. The van der Waals surface area contributed by atoms with Crippen LogP contribution in [0.15, 0.2) is 36.4 Å². The second-order valence-electron chi connectivity index (χ2n) is 8.55. The van der Waals surface area contributed by atoms with E-state index in [0.29, 0.717) is 35.4 Å². The van der Waals surface area contributed by atoms with Gasteiger partial charge in [0, 0.05) is 12.1 Å². The Hall–Kier alpha value is -3.09.